The van der Waals surface area contributed by atoms with E-state index in [1.165, 1.54) is 12.1 Å². The number of rotatable bonds is 5. The predicted octanol–water partition coefficient (Wildman–Crippen LogP) is 2.94. The highest BCUT2D eigenvalue weighted by Gasteiger charge is 2.26. The Morgan fingerprint density at radius 1 is 1.28 bits per heavy atom. The number of hydrogen-bond donors (Lipinski definition) is 1. The molecule has 1 atom stereocenters. The molecule has 102 valence electrons. The van der Waals surface area contributed by atoms with Gasteiger partial charge in [0.25, 0.3) is 0 Å². The van der Waals surface area contributed by atoms with E-state index in [4.69, 9.17) is 5.73 Å². The van der Waals surface area contributed by atoms with Gasteiger partial charge in [0.2, 0.25) is 0 Å². The largest absolute Gasteiger partial charge is 0.330 e. The summed E-state index contributed by atoms with van der Waals surface area (Å²) in [6.45, 7) is 4.62. The molecule has 0 aliphatic carbocycles. The van der Waals surface area contributed by atoms with Crippen LogP contribution in [0.1, 0.15) is 31.9 Å². The smallest absolute Gasteiger partial charge is 0.130 e. The maximum Gasteiger partial charge on any atom is 0.130 e. The standard InChI is InChI=1S/C14H22F2N2/c1-14(2,9-17)8-13(18(3)4)11-6-5-10(15)7-12(11)16/h5-7,13H,8-9,17H2,1-4H3. The Morgan fingerprint density at radius 2 is 1.89 bits per heavy atom. The zero-order chi connectivity index (χ0) is 13.9. The summed E-state index contributed by atoms with van der Waals surface area (Å²) in [6, 6.07) is 3.64. The molecule has 0 amide bonds. The summed E-state index contributed by atoms with van der Waals surface area (Å²) in [5, 5.41) is 0. The Bertz CT molecular complexity index is 403. The first-order valence-electron chi connectivity index (χ1n) is 6.08. The number of halogens is 2. The summed E-state index contributed by atoms with van der Waals surface area (Å²) in [4.78, 5) is 1.94. The molecular formula is C14H22F2N2. The summed E-state index contributed by atoms with van der Waals surface area (Å²) < 4.78 is 26.8. The van der Waals surface area contributed by atoms with E-state index in [1.807, 2.05) is 32.8 Å². The van der Waals surface area contributed by atoms with Crippen molar-refractivity contribution in [1.82, 2.24) is 4.90 Å². The number of benzene rings is 1. The second-order valence-corrected chi connectivity index (χ2v) is 5.72. The lowest BCUT2D eigenvalue weighted by Gasteiger charge is -2.33. The summed E-state index contributed by atoms with van der Waals surface area (Å²) in [5.74, 6) is -1.05. The maximum absolute atomic E-state index is 13.8. The first kappa shape index (κ1) is 15.1. The fraction of sp³-hybridized carbons (Fsp3) is 0.571. The third-order valence-electron chi connectivity index (χ3n) is 3.24. The molecule has 0 aliphatic rings. The highest BCUT2D eigenvalue weighted by Crippen LogP contribution is 2.33. The molecule has 1 rings (SSSR count). The van der Waals surface area contributed by atoms with Crippen LogP contribution in [0.15, 0.2) is 18.2 Å². The van der Waals surface area contributed by atoms with Crippen molar-refractivity contribution < 1.29 is 8.78 Å². The summed E-state index contributed by atoms with van der Waals surface area (Å²) in [7, 11) is 3.78. The number of nitrogens with two attached hydrogens (primary N) is 1. The minimum Gasteiger partial charge on any atom is -0.330 e. The summed E-state index contributed by atoms with van der Waals surface area (Å²) in [6.07, 6.45) is 0.721. The van der Waals surface area contributed by atoms with Gasteiger partial charge in [-0.15, -0.1) is 0 Å². The second kappa shape index (κ2) is 5.76. The predicted molar refractivity (Wildman–Crippen MR) is 70.2 cm³/mol. The van der Waals surface area contributed by atoms with E-state index in [2.05, 4.69) is 0 Å². The SMILES string of the molecule is CN(C)C(CC(C)(C)CN)c1ccc(F)cc1F. The molecule has 0 aromatic heterocycles. The lowest BCUT2D eigenvalue weighted by Crippen LogP contribution is -2.31. The van der Waals surface area contributed by atoms with Crippen LogP contribution in [0.4, 0.5) is 8.78 Å². The molecule has 0 radical (unpaired) electrons. The van der Waals surface area contributed by atoms with Gasteiger partial charge >= 0.3 is 0 Å². The van der Waals surface area contributed by atoms with Gasteiger partial charge in [-0.25, -0.2) is 8.78 Å². The van der Waals surface area contributed by atoms with Crippen LogP contribution in [0.2, 0.25) is 0 Å². The van der Waals surface area contributed by atoms with Crippen LogP contribution in [0.25, 0.3) is 0 Å². The van der Waals surface area contributed by atoms with E-state index in [0.717, 1.165) is 12.5 Å². The van der Waals surface area contributed by atoms with Crippen LogP contribution in [-0.4, -0.2) is 25.5 Å². The minimum atomic E-state index is -0.549. The van der Waals surface area contributed by atoms with Gasteiger partial charge in [-0.05, 0) is 38.5 Å². The van der Waals surface area contributed by atoms with Crippen molar-refractivity contribution >= 4 is 0 Å². The molecule has 0 bridgehead atoms. The van der Waals surface area contributed by atoms with Crippen molar-refractivity contribution in [1.29, 1.82) is 0 Å². The van der Waals surface area contributed by atoms with Crippen LogP contribution in [0.3, 0.4) is 0 Å². The van der Waals surface area contributed by atoms with E-state index < -0.39 is 11.6 Å². The Labute approximate surface area is 108 Å². The highest BCUT2D eigenvalue weighted by molar-refractivity contribution is 5.22. The van der Waals surface area contributed by atoms with Crippen LogP contribution in [0.5, 0.6) is 0 Å². The molecule has 0 aliphatic heterocycles. The van der Waals surface area contributed by atoms with Crippen LogP contribution in [0, 0.1) is 17.0 Å². The minimum absolute atomic E-state index is 0.0875. The Morgan fingerprint density at radius 3 is 2.33 bits per heavy atom. The molecule has 0 fully saturated rings. The normalized spacial score (nSPS) is 14.0. The molecule has 2 nitrogen and oxygen atoms in total. The van der Waals surface area contributed by atoms with E-state index in [0.29, 0.717) is 12.1 Å². The van der Waals surface area contributed by atoms with Crippen molar-refractivity contribution in [2.75, 3.05) is 20.6 Å². The lowest BCUT2D eigenvalue weighted by atomic mass is 9.83. The third kappa shape index (κ3) is 3.75. The Kier molecular flexibility index (Phi) is 4.82. The van der Waals surface area contributed by atoms with Crippen molar-refractivity contribution in [3.63, 3.8) is 0 Å². The molecule has 2 N–H and O–H groups in total. The Balaban J connectivity index is 3.05. The fourth-order valence-corrected chi connectivity index (χ4v) is 1.95. The van der Waals surface area contributed by atoms with Gasteiger partial charge in [0.15, 0.2) is 0 Å². The van der Waals surface area contributed by atoms with Crippen molar-refractivity contribution in [3.8, 4) is 0 Å². The van der Waals surface area contributed by atoms with Gasteiger partial charge in [-0.2, -0.15) is 0 Å². The molecule has 0 saturated heterocycles. The lowest BCUT2D eigenvalue weighted by molar-refractivity contribution is 0.198. The van der Waals surface area contributed by atoms with E-state index >= 15 is 0 Å². The van der Waals surface area contributed by atoms with Crippen molar-refractivity contribution in [2.24, 2.45) is 11.1 Å². The first-order valence-corrected chi connectivity index (χ1v) is 6.08. The maximum atomic E-state index is 13.8. The fourth-order valence-electron chi connectivity index (χ4n) is 1.95. The average molecular weight is 256 g/mol. The molecule has 0 saturated carbocycles. The van der Waals surface area contributed by atoms with Crippen LogP contribution in [-0.2, 0) is 0 Å². The molecule has 18 heavy (non-hydrogen) atoms. The molecule has 4 heteroatoms. The van der Waals surface area contributed by atoms with Crippen molar-refractivity contribution in [3.05, 3.63) is 35.4 Å². The third-order valence-corrected chi connectivity index (χ3v) is 3.24. The number of nitrogens with zero attached hydrogens (tertiary/aromatic N) is 1. The summed E-state index contributed by atoms with van der Waals surface area (Å²) in [5.41, 5.74) is 6.15. The Hall–Kier alpha value is -1.00. The molecule has 1 aromatic carbocycles. The highest BCUT2D eigenvalue weighted by atomic mass is 19.1. The first-order chi connectivity index (χ1) is 8.26. The van der Waals surface area contributed by atoms with Gasteiger partial charge in [0, 0.05) is 17.7 Å². The van der Waals surface area contributed by atoms with Crippen molar-refractivity contribution in [2.45, 2.75) is 26.3 Å². The number of hydrogen-bond acceptors (Lipinski definition) is 2. The molecule has 0 spiro atoms. The monoisotopic (exact) mass is 256 g/mol. The summed E-state index contributed by atoms with van der Waals surface area (Å²) >= 11 is 0. The zero-order valence-corrected chi connectivity index (χ0v) is 11.5. The molecule has 1 aromatic rings. The molecule has 1 unspecified atom stereocenters. The topological polar surface area (TPSA) is 29.3 Å². The van der Waals surface area contributed by atoms with Crippen LogP contribution < -0.4 is 5.73 Å². The van der Waals surface area contributed by atoms with E-state index in [1.54, 1.807) is 0 Å². The van der Waals surface area contributed by atoms with Gasteiger partial charge in [-0.3, -0.25) is 0 Å². The van der Waals surface area contributed by atoms with E-state index in [9.17, 15) is 8.78 Å². The van der Waals surface area contributed by atoms with Gasteiger partial charge in [-0.1, -0.05) is 19.9 Å². The van der Waals surface area contributed by atoms with Gasteiger partial charge in [0.05, 0.1) is 0 Å². The quantitative estimate of drug-likeness (QED) is 0.877. The van der Waals surface area contributed by atoms with Gasteiger partial charge < -0.3 is 10.6 Å². The van der Waals surface area contributed by atoms with E-state index in [-0.39, 0.29) is 11.5 Å². The molecular weight excluding hydrogens is 234 g/mol. The second-order valence-electron chi connectivity index (χ2n) is 5.72. The zero-order valence-electron chi connectivity index (χ0n) is 11.5. The van der Waals surface area contributed by atoms with Gasteiger partial charge in [0.1, 0.15) is 11.6 Å². The molecule has 0 heterocycles. The van der Waals surface area contributed by atoms with Crippen LogP contribution >= 0.6 is 0 Å². The average Bonchev–Trinajstić information content (AvgIpc) is 2.26.